The van der Waals surface area contributed by atoms with E-state index in [0.29, 0.717) is 47.1 Å². The van der Waals surface area contributed by atoms with Gasteiger partial charge in [-0.25, -0.2) is 14.5 Å². The second-order valence-corrected chi connectivity index (χ2v) is 7.74. The molecule has 0 amide bonds. The first-order chi connectivity index (χ1) is 15.2. The third-order valence-corrected chi connectivity index (χ3v) is 5.87. The average molecular weight is 410 g/mol. The molecule has 31 heavy (non-hydrogen) atoms. The number of hydrogen-bond acceptors (Lipinski definition) is 6. The lowest BCUT2D eigenvalue weighted by molar-refractivity contribution is -0.116. The Morgan fingerprint density at radius 3 is 2.68 bits per heavy atom. The molecule has 2 aliphatic rings. The normalized spacial score (nSPS) is 17.9. The molecule has 0 unspecified atom stereocenters. The molecular formula is C24H18N4O3. The highest BCUT2D eigenvalue weighted by Crippen LogP contribution is 2.47. The summed E-state index contributed by atoms with van der Waals surface area (Å²) < 4.78 is 7.70. The number of fused-ring (bicyclic) bond motifs is 3. The number of ketones is 1. The van der Waals surface area contributed by atoms with Crippen molar-refractivity contribution in [1.82, 2.24) is 19.6 Å². The molecule has 0 fully saturated rings. The van der Waals surface area contributed by atoms with E-state index in [0.717, 1.165) is 17.5 Å². The van der Waals surface area contributed by atoms with Gasteiger partial charge in [0.1, 0.15) is 17.8 Å². The van der Waals surface area contributed by atoms with Crippen LogP contribution in [0.5, 0.6) is 11.6 Å². The zero-order chi connectivity index (χ0) is 20.9. The molecule has 2 aromatic carbocycles. The van der Waals surface area contributed by atoms with Gasteiger partial charge in [-0.05, 0) is 24.1 Å². The maximum absolute atomic E-state index is 13.0. The molecule has 0 radical (unpaired) electrons. The number of aromatic hydroxyl groups is 1. The molecule has 3 heterocycles. The number of carbonyl (C=O) groups is 1. The first-order valence-corrected chi connectivity index (χ1v) is 10.2. The summed E-state index contributed by atoms with van der Waals surface area (Å²) in [5.41, 5.74) is 3.48. The summed E-state index contributed by atoms with van der Waals surface area (Å²) in [6, 6.07) is 16.8. The number of rotatable bonds is 2. The van der Waals surface area contributed by atoms with Crippen molar-refractivity contribution < 1.29 is 14.6 Å². The fourth-order valence-corrected chi connectivity index (χ4v) is 4.47. The Labute approximate surface area is 177 Å². The third kappa shape index (κ3) is 2.73. The number of phenolic OH excluding ortho intramolecular Hbond substituents is 1. The van der Waals surface area contributed by atoms with Crippen LogP contribution in [-0.2, 0) is 4.79 Å². The molecule has 4 aromatic rings. The van der Waals surface area contributed by atoms with Gasteiger partial charge in [0.25, 0.3) is 0 Å². The minimum atomic E-state index is -0.328. The largest absolute Gasteiger partial charge is 0.507 e. The number of nitrogens with zero attached hydrogens (tertiary/aromatic N) is 4. The zero-order valence-corrected chi connectivity index (χ0v) is 16.5. The molecule has 0 bridgehead atoms. The molecule has 1 aliphatic carbocycles. The van der Waals surface area contributed by atoms with Crippen LogP contribution in [0.4, 0.5) is 0 Å². The van der Waals surface area contributed by atoms with E-state index < -0.39 is 0 Å². The number of para-hydroxylation sites is 1. The lowest BCUT2D eigenvalue weighted by atomic mass is 9.78. The van der Waals surface area contributed by atoms with Crippen molar-refractivity contribution in [3.8, 4) is 23.0 Å². The number of carbonyl (C=O) groups excluding carboxylic acids is 1. The van der Waals surface area contributed by atoms with Gasteiger partial charge in [0.2, 0.25) is 5.88 Å². The molecule has 7 heteroatoms. The van der Waals surface area contributed by atoms with Gasteiger partial charge in [0, 0.05) is 24.3 Å². The van der Waals surface area contributed by atoms with Crippen molar-refractivity contribution in [2.24, 2.45) is 0 Å². The van der Waals surface area contributed by atoms with Crippen molar-refractivity contribution in [2.45, 2.75) is 25.2 Å². The lowest BCUT2D eigenvalue weighted by Crippen LogP contribution is -2.26. The average Bonchev–Trinajstić information content (AvgIpc) is 3.23. The summed E-state index contributed by atoms with van der Waals surface area (Å²) in [5.74, 6) is 1.41. The van der Waals surface area contributed by atoms with Crippen LogP contribution in [0.25, 0.3) is 17.0 Å². The topological polar surface area (TPSA) is 89.6 Å². The van der Waals surface area contributed by atoms with E-state index in [2.05, 4.69) is 10.1 Å². The molecule has 1 aliphatic heterocycles. The molecule has 1 atom stereocenters. The van der Waals surface area contributed by atoms with Crippen LogP contribution in [0.2, 0.25) is 0 Å². The Balaban J connectivity index is 1.62. The van der Waals surface area contributed by atoms with E-state index in [4.69, 9.17) is 9.72 Å². The number of hydrogen-bond donors (Lipinski definition) is 1. The van der Waals surface area contributed by atoms with Crippen molar-refractivity contribution in [3.05, 3.63) is 83.4 Å². The standard InChI is InChI=1S/C24H18N4O3/c29-16-10-5-4-9-15(16)22-26-23-21-19(14-7-2-1-3-8-14)20-17(30)11-6-12-18(20)31-24(21)25-13-28(23)27-22/h1-5,7-10,13,19,29H,6,11-12H2/t19-/m0/s1. The Kier molecular flexibility index (Phi) is 3.89. The van der Waals surface area contributed by atoms with E-state index in [-0.39, 0.29) is 17.5 Å². The van der Waals surface area contributed by atoms with E-state index >= 15 is 0 Å². The number of ether oxygens (including phenoxy) is 1. The monoisotopic (exact) mass is 410 g/mol. The summed E-state index contributed by atoms with van der Waals surface area (Å²) in [6.07, 6.45) is 3.56. The van der Waals surface area contributed by atoms with E-state index in [9.17, 15) is 9.90 Å². The number of benzene rings is 2. The summed E-state index contributed by atoms with van der Waals surface area (Å²) in [5, 5.41) is 14.8. The molecular weight excluding hydrogens is 392 g/mol. The molecule has 6 rings (SSSR count). The summed E-state index contributed by atoms with van der Waals surface area (Å²) in [7, 11) is 0. The first-order valence-electron chi connectivity index (χ1n) is 10.2. The highest BCUT2D eigenvalue weighted by molar-refractivity contribution is 6.00. The van der Waals surface area contributed by atoms with Gasteiger partial charge < -0.3 is 9.84 Å². The van der Waals surface area contributed by atoms with Crippen molar-refractivity contribution in [2.75, 3.05) is 0 Å². The third-order valence-electron chi connectivity index (χ3n) is 5.87. The van der Waals surface area contributed by atoms with Gasteiger partial charge in [0.05, 0.1) is 11.1 Å². The van der Waals surface area contributed by atoms with Crippen molar-refractivity contribution >= 4 is 11.4 Å². The highest BCUT2D eigenvalue weighted by atomic mass is 16.5. The van der Waals surface area contributed by atoms with Gasteiger partial charge in [-0.2, -0.15) is 0 Å². The van der Waals surface area contributed by atoms with Crippen LogP contribution < -0.4 is 4.74 Å². The molecule has 152 valence electrons. The Bertz CT molecular complexity index is 1370. The zero-order valence-electron chi connectivity index (χ0n) is 16.5. The van der Waals surface area contributed by atoms with E-state index in [1.807, 2.05) is 36.4 Å². The van der Waals surface area contributed by atoms with Crippen LogP contribution >= 0.6 is 0 Å². The van der Waals surface area contributed by atoms with Crippen LogP contribution in [-0.4, -0.2) is 30.5 Å². The maximum atomic E-state index is 13.0. The van der Waals surface area contributed by atoms with Gasteiger partial charge in [-0.15, -0.1) is 5.10 Å². The van der Waals surface area contributed by atoms with Gasteiger partial charge >= 0.3 is 0 Å². The van der Waals surface area contributed by atoms with Gasteiger partial charge in [0.15, 0.2) is 17.3 Å². The van der Waals surface area contributed by atoms with Crippen molar-refractivity contribution in [1.29, 1.82) is 0 Å². The lowest BCUT2D eigenvalue weighted by Gasteiger charge is -2.31. The van der Waals surface area contributed by atoms with E-state index in [1.54, 1.807) is 29.0 Å². The molecule has 0 spiro atoms. The predicted octanol–water partition coefficient (Wildman–Crippen LogP) is 4.03. The summed E-state index contributed by atoms with van der Waals surface area (Å²) in [4.78, 5) is 22.2. The number of allylic oxidation sites excluding steroid dienone is 2. The van der Waals surface area contributed by atoms with Gasteiger partial charge in [-0.1, -0.05) is 42.5 Å². The Morgan fingerprint density at radius 2 is 1.84 bits per heavy atom. The molecule has 0 saturated carbocycles. The van der Waals surface area contributed by atoms with Crippen LogP contribution in [0.15, 0.2) is 72.3 Å². The molecule has 2 aromatic heterocycles. The first kappa shape index (κ1) is 17.8. The smallest absolute Gasteiger partial charge is 0.228 e. The minimum absolute atomic E-state index is 0.100. The Morgan fingerprint density at radius 1 is 1.03 bits per heavy atom. The SMILES string of the molecule is O=C1CCCC2=C1[C@H](c1ccccc1)c1c(ncn3nc(-c4ccccc4O)nc13)O2. The number of phenols is 1. The number of Topliss-reactive ketones (excluding diaryl/α,β-unsaturated/α-hetero) is 1. The van der Waals surface area contributed by atoms with Gasteiger partial charge in [-0.3, -0.25) is 4.79 Å². The molecule has 1 N–H and O–H groups in total. The summed E-state index contributed by atoms with van der Waals surface area (Å²) >= 11 is 0. The number of aromatic nitrogens is 4. The highest BCUT2D eigenvalue weighted by Gasteiger charge is 2.39. The fraction of sp³-hybridized carbons (Fsp3) is 0.167. The molecule has 0 saturated heterocycles. The van der Waals surface area contributed by atoms with Crippen LogP contribution in [0, 0.1) is 0 Å². The second kappa shape index (κ2) is 6.77. The predicted molar refractivity (Wildman–Crippen MR) is 113 cm³/mol. The van der Waals surface area contributed by atoms with Crippen LogP contribution in [0.1, 0.15) is 36.3 Å². The van der Waals surface area contributed by atoms with E-state index in [1.165, 1.54) is 0 Å². The van der Waals surface area contributed by atoms with Crippen LogP contribution in [0.3, 0.4) is 0 Å². The van der Waals surface area contributed by atoms with Crippen molar-refractivity contribution in [3.63, 3.8) is 0 Å². The fourth-order valence-electron chi connectivity index (χ4n) is 4.47. The minimum Gasteiger partial charge on any atom is -0.507 e. The summed E-state index contributed by atoms with van der Waals surface area (Å²) in [6.45, 7) is 0. The molecule has 7 nitrogen and oxygen atoms in total. The Hall–Kier alpha value is -4.00. The second-order valence-electron chi connectivity index (χ2n) is 7.74. The quantitative estimate of drug-likeness (QED) is 0.537. The maximum Gasteiger partial charge on any atom is 0.228 e.